The van der Waals surface area contributed by atoms with Crippen molar-refractivity contribution in [2.24, 2.45) is 0 Å². The van der Waals surface area contributed by atoms with E-state index in [1.165, 1.54) is 13.4 Å². The maximum absolute atomic E-state index is 11.5. The van der Waals surface area contributed by atoms with Gasteiger partial charge in [-0.3, -0.25) is 0 Å². The second-order valence-electron chi connectivity index (χ2n) is 4.65. The first-order valence-corrected chi connectivity index (χ1v) is 6.67. The molecule has 0 aliphatic heterocycles. The van der Waals surface area contributed by atoms with Crippen LogP contribution in [0, 0.1) is 0 Å². The van der Waals surface area contributed by atoms with E-state index in [1.54, 1.807) is 13.2 Å². The van der Waals surface area contributed by atoms with Crippen molar-refractivity contribution in [2.45, 2.75) is 19.5 Å². The Morgan fingerprint density at radius 2 is 2.14 bits per heavy atom. The van der Waals surface area contributed by atoms with Gasteiger partial charge in [-0.1, -0.05) is 12.1 Å². The molecule has 1 aromatic heterocycles. The number of esters is 1. The number of hydrogen-bond donors (Lipinski definition) is 1. The highest BCUT2D eigenvalue weighted by atomic mass is 16.5. The minimum atomic E-state index is -0.467. The second-order valence-corrected chi connectivity index (χ2v) is 4.65. The predicted molar refractivity (Wildman–Crippen MR) is 78.3 cm³/mol. The highest BCUT2D eigenvalue weighted by molar-refractivity contribution is 5.87. The zero-order valence-corrected chi connectivity index (χ0v) is 12.4. The number of nitrogens with one attached hydrogen (secondary N) is 1. The van der Waals surface area contributed by atoms with E-state index in [1.807, 2.05) is 31.2 Å². The fourth-order valence-electron chi connectivity index (χ4n) is 2.04. The van der Waals surface area contributed by atoms with Crippen LogP contribution in [0.1, 0.15) is 34.6 Å². The summed E-state index contributed by atoms with van der Waals surface area (Å²) in [5, 5.41) is 3.35. The Hall–Kier alpha value is -2.27. The van der Waals surface area contributed by atoms with Gasteiger partial charge in [0.1, 0.15) is 5.75 Å². The van der Waals surface area contributed by atoms with Crippen molar-refractivity contribution in [2.75, 3.05) is 14.2 Å². The number of hydrogen-bond acceptors (Lipinski definition) is 5. The number of rotatable bonds is 6. The highest BCUT2D eigenvalue weighted by Gasteiger charge is 2.16. The molecule has 1 unspecified atom stereocenters. The van der Waals surface area contributed by atoms with Crippen molar-refractivity contribution in [3.05, 3.63) is 53.5 Å². The van der Waals surface area contributed by atoms with Crippen LogP contribution in [0.15, 0.2) is 41.0 Å². The molecule has 5 heteroatoms. The number of methoxy groups -OCH3 is 2. The van der Waals surface area contributed by atoms with Gasteiger partial charge >= 0.3 is 5.97 Å². The summed E-state index contributed by atoms with van der Waals surface area (Å²) in [6.45, 7) is 2.56. The molecule has 0 radical (unpaired) electrons. The molecule has 5 nitrogen and oxygen atoms in total. The van der Waals surface area contributed by atoms with Crippen LogP contribution in [0.25, 0.3) is 0 Å². The molecular formula is C16H19NO4. The summed E-state index contributed by atoms with van der Waals surface area (Å²) in [5.41, 5.74) is 1.88. The minimum absolute atomic E-state index is 0.112. The quantitative estimate of drug-likeness (QED) is 0.828. The SMILES string of the molecule is COC(=O)c1occc1CNC(C)c1cccc(OC)c1. The molecule has 0 aliphatic carbocycles. The Balaban J connectivity index is 2.02. The maximum Gasteiger partial charge on any atom is 0.374 e. The fourth-order valence-corrected chi connectivity index (χ4v) is 2.04. The van der Waals surface area contributed by atoms with Crippen LogP contribution in [0.2, 0.25) is 0 Å². The van der Waals surface area contributed by atoms with E-state index in [0.29, 0.717) is 6.54 Å². The molecule has 1 heterocycles. The van der Waals surface area contributed by atoms with E-state index in [4.69, 9.17) is 9.15 Å². The van der Waals surface area contributed by atoms with Gasteiger partial charge in [0.25, 0.3) is 0 Å². The molecule has 0 saturated heterocycles. The molecule has 112 valence electrons. The first kappa shape index (κ1) is 15.1. The molecule has 0 amide bonds. The Labute approximate surface area is 123 Å². The average molecular weight is 289 g/mol. The highest BCUT2D eigenvalue weighted by Crippen LogP contribution is 2.20. The van der Waals surface area contributed by atoms with Gasteiger partial charge in [0.15, 0.2) is 0 Å². The zero-order valence-electron chi connectivity index (χ0n) is 12.4. The molecule has 2 rings (SSSR count). The lowest BCUT2D eigenvalue weighted by Gasteiger charge is -2.15. The van der Waals surface area contributed by atoms with Crippen molar-refractivity contribution in [3.8, 4) is 5.75 Å². The molecule has 2 aromatic rings. The number of carbonyl (C=O) groups excluding carboxylic acids is 1. The number of benzene rings is 1. The van der Waals surface area contributed by atoms with E-state index in [9.17, 15) is 4.79 Å². The normalized spacial score (nSPS) is 12.0. The van der Waals surface area contributed by atoms with Crippen LogP contribution in [-0.2, 0) is 11.3 Å². The number of ether oxygens (including phenoxy) is 2. The minimum Gasteiger partial charge on any atom is -0.497 e. The molecule has 1 N–H and O–H groups in total. The molecule has 0 spiro atoms. The summed E-state index contributed by atoms with van der Waals surface area (Å²) in [4.78, 5) is 11.5. The van der Waals surface area contributed by atoms with Crippen molar-refractivity contribution < 1.29 is 18.7 Å². The van der Waals surface area contributed by atoms with Gasteiger partial charge in [0, 0.05) is 18.2 Å². The fraction of sp³-hybridized carbons (Fsp3) is 0.312. The third-order valence-electron chi connectivity index (χ3n) is 3.31. The summed E-state index contributed by atoms with van der Waals surface area (Å²) in [5.74, 6) is 0.591. The number of furan rings is 1. The third kappa shape index (κ3) is 3.64. The summed E-state index contributed by atoms with van der Waals surface area (Å²) < 4.78 is 15.1. The van der Waals surface area contributed by atoms with Crippen LogP contribution in [0.4, 0.5) is 0 Å². The molecule has 1 aromatic carbocycles. The lowest BCUT2D eigenvalue weighted by Crippen LogP contribution is -2.19. The van der Waals surface area contributed by atoms with Gasteiger partial charge in [-0.05, 0) is 30.7 Å². The summed E-state index contributed by atoms with van der Waals surface area (Å²) in [6, 6.07) is 9.73. The van der Waals surface area contributed by atoms with Gasteiger partial charge in [-0.15, -0.1) is 0 Å². The van der Waals surface area contributed by atoms with Crippen molar-refractivity contribution in [1.82, 2.24) is 5.32 Å². The monoisotopic (exact) mass is 289 g/mol. The third-order valence-corrected chi connectivity index (χ3v) is 3.31. The first-order valence-electron chi connectivity index (χ1n) is 6.67. The Bertz CT molecular complexity index is 606. The van der Waals surface area contributed by atoms with E-state index in [0.717, 1.165) is 16.9 Å². The van der Waals surface area contributed by atoms with Crippen LogP contribution in [0.3, 0.4) is 0 Å². The topological polar surface area (TPSA) is 60.7 Å². The van der Waals surface area contributed by atoms with Crippen LogP contribution < -0.4 is 10.1 Å². The summed E-state index contributed by atoms with van der Waals surface area (Å²) in [6.07, 6.45) is 1.49. The molecule has 0 fully saturated rings. The van der Waals surface area contributed by atoms with Crippen LogP contribution in [0.5, 0.6) is 5.75 Å². The summed E-state index contributed by atoms with van der Waals surface area (Å²) in [7, 11) is 2.98. The smallest absolute Gasteiger partial charge is 0.374 e. The van der Waals surface area contributed by atoms with Gasteiger partial charge < -0.3 is 19.2 Å². The van der Waals surface area contributed by atoms with Gasteiger partial charge in [0.2, 0.25) is 5.76 Å². The van der Waals surface area contributed by atoms with E-state index >= 15 is 0 Å². The van der Waals surface area contributed by atoms with Crippen LogP contribution in [-0.4, -0.2) is 20.2 Å². The summed E-state index contributed by atoms with van der Waals surface area (Å²) >= 11 is 0. The van der Waals surface area contributed by atoms with Crippen molar-refractivity contribution in [3.63, 3.8) is 0 Å². The Morgan fingerprint density at radius 1 is 1.33 bits per heavy atom. The Kier molecular flexibility index (Phi) is 5.00. The molecule has 0 saturated carbocycles. The average Bonchev–Trinajstić information content (AvgIpc) is 3.00. The predicted octanol–water partition coefficient (Wildman–Crippen LogP) is 2.93. The zero-order chi connectivity index (χ0) is 15.2. The van der Waals surface area contributed by atoms with Gasteiger partial charge in [0.05, 0.1) is 20.5 Å². The molecule has 21 heavy (non-hydrogen) atoms. The van der Waals surface area contributed by atoms with Gasteiger partial charge in [-0.25, -0.2) is 4.79 Å². The molecule has 0 bridgehead atoms. The first-order chi connectivity index (χ1) is 10.2. The maximum atomic E-state index is 11.5. The largest absolute Gasteiger partial charge is 0.497 e. The molecule has 1 atom stereocenters. The number of carbonyl (C=O) groups is 1. The molecular weight excluding hydrogens is 270 g/mol. The Morgan fingerprint density at radius 3 is 2.86 bits per heavy atom. The van der Waals surface area contributed by atoms with Crippen LogP contribution >= 0.6 is 0 Å². The molecule has 0 aliphatic rings. The van der Waals surface area contributed by atoms with E-state index in [2.05, 4.69) is 10.1 Å². The lowest BCUT2D eigenvalue weighted by molar-refractivity contribution is 0.0563. The standard InChI is InChI=1S/C16H19NO4/c1-11(12-5-4-6-14(9-12)19-2)17-10-13-7-8-21-15(13)16(18)20-3/h4-9,11,17H,10H2,1-3H3. The van der Waals surface area contributed by atoms with Crippen molar-refractivity contribution in [1.29, 1.82) is 0 Å². The van der Waals surface area contributed by atoms with Gasteiger partial charge in [-0.2, -0.15) is 0 Å². The second kappa shape index (κ2) is 6.95. The lowest BCUT2D eigenvalue weighted by atomic mass is 10.1. The van der Waals surface area contributed by atoms with E-state index in [-0.39, 0.29) is 11.8 Å². The van der Waals surface area contributed by atoms with Crippen molar-refractivity contribution >= 4 is 5.97 Å². The van der Waals surface area contributed by atoms with E-state index < -0.39 is 5.97 Å².